The number of aromatic nitrogens is 2. The van der Waals surface area contributed by atoms with Gasteiger partial charge in [0.2, 0.25) is 5.71 Å². The van der Waals surface area contributed by atoms with Crippen LogP contribution in [0.5, 0.6) is 0 Å². The van der Waals surface area contributed by atoms with E-state index in [9.17, 15) is 0 Å². The minimum atomic E-state index is 0.306. The molecule has 2 aromatic heterocycles. The summed E-state index contributed by atoms with van der Waals surface area (Å²) < 4.78 is 5.61. The molecule has 1 aliphatic rings. The topological polar surface area (TPSA) is 51.0 Å². The molecule has 3 heterocycles. The molecule has 2 aromatic rings. The number of fused-ring (bicyclic) bond motifs is 1. The van der Waals surface area contributed by atoms with Gasteiger partial charge in [-0.05, 0) is 30.5 Å². The largest absolute Gasteiger partial charge is 0.422 e. The fraction of sp³-hybridized carbons (Fsp3) is 0.538. The second kappa shape index (κ2) is 4.11. The van der Waals surface area contributed by atoms with Crippen LogP contribution in [0, 0.1) is 0 Å². The van der Waals surface area contributed by atoms with E-state index in [1.54, 1.807) is 0 Å². The van der Waals surface area contributed by atoms with Crippen LogP contribution in [0.2, 0.25) is 0 Å². The van der Waals surface area contributed by atoms with Crippen LogP contribution in [-0.2, 0) is 0 Å². The highest BCUT2D eigenvalue weighted by Gasteiger charge is 2.18. The number of hydrogen-bond acceptors (Lipinski definition) is 4. The van der Waals surface area contributed by atoms with Crippen LogP contribution in [0.3, 0.4) is 0 Å². The summed E-state index contributed by atoms with van der Waals surface area (Å²) in [6, 6.07) is 2.12. The zero-order chi connectivity index (χ0) is 11.8. The molecule has 1 fully saturated rings. The summed E-state index contributed by atoms with van der Waals surface area (Å²) in [5, 5.41) is 3.37. The highest BCUT2D eigenvalue weighted by molar-refractivity contribution is 5.68. The Labute approximate surface area is 100 Å². The lowest BCUT2D eigenvalue weighted by molar-refractivity contribution is 0.494. The predicted octanol–water partition coefficient (Wildman–Crippen LogP) is 2.42. The Morgan fingerprint density at radius 2 is 2.35 bits per heavy atom. The standard InChI is InChI=1S/C13H17N3O/c1-8(2)12-16-11-5-10(7-15-13(11)17-12)9-3-4-14-6-9/h5,7-9,14H,3-4,6H2,1-2H3. The van der Waals surface area contributed by atoms with Gasteiger partial charge in [-0.1, -0.05) is 13.8 Å². The van der Waals surface area contributed by atoms with Gasteiger partial charge in [-0.15, -0.1) is 0 Å². The Bertz CT molecular complexity index is 526. The molecule has 0 radical (unpaired) electrons. The third kappa shape index (κ3) is 1.93. The highest BCUT2D eigenvalue weighted by atomic mass is 16.4. The molecular formula is C13H17N3O. The molecule has 3 rings (SSSR count). The molecule has 0 aliphatic carbocycles. The molecule has 4 nitrogen and oxygen atoms in total. The van der Waals surface area contributed by atoms with Crippen LogP contribution in [-0.4, -0.2) is 23.1 Å². The maximum atomic E-state index is 5.61. The van der Waals surface area contributed by atoms with E-state index in [0.717, 1.165) is 24.5 Å². The van der Waals surface area contributed by atoms with Gasteiger partial charge in [-0.2, -0.15) is 0 Å². The van der Waals surface area contributed by atoms with E-state index in [1.165, 1.54) is 12.0 Å². The van der Waals surface area contributed by atoms with Crippen molar-refractivity contribution in [3.8, 4) is 0 Å². The fourth-order valence-electron chi connectivity index (χ4n) is 2.26. The molecule has 1 aliphatic heterocycles. The first-order valence-corrected chi connectivity index (χ1v) is 6.21. The first-order valence-electron chi connectivity index (χ1n) is 6.21. The van der Waals surface area contributed by atoms with Gasteiger partial charge in [0, 0.05) is 18.7 Å². The van der Waals surface area contributed by atoms with Gasteiger partial charge in [0.15, 0.2) is 5.89 Å². The molecule has 90 valence electrons. The van der Waals surface area contributed by atoms with E-state index in [2.05, 4.69) is 35.2 Å². The van der Waals surface area contributed by atoms with Crippen molar-refractivity contribution in [3.63, 3.8) is 0 Å². The predicted molar refractivity (Wildman–Crippen MR) is 66.1 cm³/mol. The summed E-state index contributed by atoms with van der Waals surface area (Å²) >= 11 is 0. The second-order valence-electron chi connectivity index (χ2n) is 4.99. The van der Waals surface area contributed by atoms with Crippen molar-refractivity contribution in [2.45, 2.75) is 32.1 Å². The zero-order valence-electron chi connectivity index (χ0n) is 10.2. The smallest absolute Gasteiger partial charge is 0.246 e. The van der Waals surface area contributed by atoms with Crippen molar-refractivity contribution >= 4 is 11.2 Å². The third-order valence-electron chi connectivity index (χ3n) is 3.31. The average molecular weight is 231 g/mol. The summed E-state index contributed by atoms with van der Waals surface area (Å²) in [7, 11) is 0. The van der Waals surface area contributed by atoms with E-state index < -0.39 is 0 Å². The number of rotatable bonds is 2. The first-order chi connectivity index (χ1) is 8.24. The molecule has 0 spiro atoms. The minimum absolute atomic E-state index is 0.306. The Kier molecular flexibility index (Phi) is 2.59. The van der Waals surface area contributed by atoms with Crippen LogP contribution in [0.1, 0.15) is 43.6 Å². The Morgan fingerprint density at radius 1 is 1.47 bits per heavy atom. The number of nitrogens with one attached hydrogen (secondary N) is 1. The van der Waals surface area contributed by atoms with Crippen LogP contribution >= 0.6 is 0 Å². The lowest BCUT2D eigenvalue weighted by atomic mass is 10.0. The number of nitrogens with zero attached hydrogens (tertiary/aromatic N) is 2. The van der Waals surface area contributed by atoms with Gasteiger partial charge in [0.1, 0.15) is 5.52 Å². The molecule has 0 aromatic carbocycles. The van der Waals surface area contributed by atoms with E-state index in [4.69, 9.17) is 4.42 Å². The molecule has 1 N–H and O–H groups in total. The van der Waals surface area contributed by atoms with E-state index >= 15 is 0 Å². The first kappa shape index (κ1) is 10.7. The molecule has 0 amide bonds. The Morgan fingerprint density at radius 3 is 3.06 bits per heavy atom. The molecule has 0 bridgehead atoms. The third-order valence-corrected chi connectivity index (χ3v) is 3.31. The highest BCUT2D eigenvalue weighted by Crippen LogP contribution is 2.26. The van der Waals surface area contributed by atoms with Crippen LogP contribution in [0.4, 0.5) is 0 Å². The fourth-order valence-corrected chi connectivity index (χ4v) is 2.26. The number of oxazole rings is 1. The number of hydrogen-bond donors (Lipinski definition) is 1. The molecule has 0 saturated carbocycles. The molecule has 1 saturated heterocycles. The summed E-state index contributed by atoms with van der Waals surface area (Å²) in [5.41, 5.74) is 2.81. The molecule has 17 heavy (non-hydrogen) atoms. The van der Waals surface area contributed by atoms with Gasteiger partial charge in [-0.25, -0.2) is 9.97 Å². The van der Waals surface area contributed by atoms with E-state index in [0.29, 0.717) is 17.5 Å². The Balaban J connectivity index is 2.00. The zero-order valence-corrected chi connectivity index (χ0v) is 10.2. The quantitative estimate of drug-likeness (QED) is 0.862. The molecule has 1 unspecified atom stereocenters. The second-order valence-corrected chi connectivity index (χ2v) is 4.99. The van der Waals surface area contributed by atoms with Gasteiger partial charge in [-0.3, -0.25) is 0 Å². The van der Waals surface area contributed by atoms with Crippen molar-refractivity contribution in [1.82, 2.24) is 15.3 Å². The SMILES string of the molecule is CC(C)c1nc2cc(C3CCNC3)cnc2o1. The summed E-state index contributed by atoms with van der Waals surface area (Å²) in [4.78, 5) is 8.87. The van der Waals surface area contributed by atoms with Crippen LogP contribution in [0.25, 0.3) is 11.2 Å². The maximum Gasteiger partial charge on any atom is 0.246 e. The van der Waals surface area contributed by atoms with Crippen LogP contribution in [0.15, 0.2) is 16.7 Å². The lowest BCUT2D eigenvalue weighted by Crippen LogP contribution is -2.08. The van der Waals surface area contributed by atoms with Gasteiger partial charge >= 0.3 is 0 Å². The Hall–Kier alpha value is -1.42. The van der Waals surface area contributed by atoms with E-state index in [-0.39, 0.29) is 0 Å². The number of pyridine rings is 1. The minimum Gasteiger partial charge on any atom is -0.422 e. The average Bonchev–Trinajstić information content (AvgIpc) is 2.97. The van der Waals surface area contributed by atoms with Crippen molar-refractivity contribution in [2.24, 2.45) is 0 Å². The monoisotopic (exact) mass is 231 g/mol. The summed E-state index contributed by atoms with van der Waals surface area (Å²) in [6.07, 6.45) is 3.11. The van der Waals surface area contributed by atoms with Crippen molar-refractivity contribution in [3.05, 3.63) is 23.7 Å². The van der Waals surface area contributed by atoms with Gasteiger partial charge < -0.3 is 9.73 Å². The molecule has 4 heteroatoms. The maximum absolute atomic E-state index is 5.61. The summed E-state index contributed by atoms with van der Waals surface area (Å²) in [6.45, 7) is 6.29. The van der Waals surface area contributed by atoms with Crippen molar-refractivity contribution in [2.75, 3.05) is 13.1 Å². The molecular weight excluding hydrogens is 214 g/mol. The van der Waals surface area contributed by atoms with Crippen molar-refractivity contribution < 1.29 is 4.42 Å². The lowest BCUT2D eigenvalue weighted by Gasteiger charge is -2.06. The molecule has 1 atom stereocenters. The normalized spacial score (nSPS) is 20.5. The van der Waals surface area contributed by atoms with E-state index in [1.807, 2.05) is 6.20 Å². The van der Waals surface area contributed by atoms with Crippen molar-refractivity contribution in [1.29, 1.82) is 0 Å². The summed E-state index contributed by atoms with van der Waals surface area (Å²) in [5.74, 6) is 1.65. The van der Waals surface area contributed by atoms with Gasteiger partial charge in [0.05, 0.1) is 0 Å². The van der Waals surface area contributed by atoms with Crippen LogP contribution < -0.4 is 5.32 Å². The van der Waals surface area contributed by atoms with Gasteiger partial charge in [0.25, 0.3) is 0 Å².